The van der Waals surface area contributed by atoms with E-state index in [1.54, 1.807) is 44.2 Å². The number of carbonyl (C=O) groups excluding carboxylic acids is 4. The third-order valence-electron chi connectivity index (χ3n) is 11.5. The molecule has 0 amide bonds. The van der Waals surface area contributed by atoms with Crippen LogP contribution < -0.4 is 4.74 Å². The molecule has 11 nitrogen and oxygen atoms in total. The lowest BCUT2D eigenvalue weighted by atomic mass is 9.59. The van der Waals surface area contributed by atoms with Crippen molar-refractivity contribution in [2.45, 2.75) is 76.8 Å². The first-order chi connectivity index (χ1) is 23.5. The summed E-state index contributed by atoms with van der Waals surface area (Å²) in [4.78, 5) is 52.9. The number of benzene rings is 2. The minimum Gasteiger partial charge on any atom is -0.504 e. The Morgan fingerprint density at radius 2 is 1.64 bits per heavy atom. The predicted molar refractivity (Wildman–Crippen MR) is 179 cm³/mol. The first-order valence-electron chi connectivity index (χ1n) is 16.8. The van der Waals surface area contributed by atoms with Crippen LogP contribution in [-0.2, 0) is 46.2 Å². The van der Waals surface area contributed by atoms with Crippen molar-refractivity contribution in [2.75, 3.05) is 13.7 Å². The number of phenols is 1. The molecule has 2 saturated carbocycles. The summed E-state index contributed by atoms with van der Waals surface area (Å²) in [5, 5.41) is 35.2. The van der Waals surface area contributed by atoms with Crippen molar-refractivity contribution in [3.63, 3.8) is 0 Å². The number of phenolic OH excluding ortho intramolecular Hbond substituents is 1. The van der Waals surface area contributed by atoms with Gasteiger partial charge in [-0.05, 0) is 41.3 Å². The molecule has 4 aliphatic carbocycles. The van der Waals surface area contributed by atoms with Gasteiger partial charge in [-0.2, -0.15) is 0 Å². The van der Waals surface area contributed by atoms with Gasteiger partial charge in [0.1, 0.15) is 18.3 Å². The Morgan fingerprint density at radius 1 is 0.960 bits per heavy atom. The van der Waals surface area contributed by atoms with Gasteiger partial charge in [-0.3, -0.25) is 19.2 Å². The number of Topliss-reactive ketones (excluding diaryl/α,β-unsaturated/α-hetero) is 1. The Bertz CT molecular complexity index is 1790. The molecule has 6 rings (SSSR count). The first-order valence-corrected chi connectivity index (χ1v) is 16.8. The van der Waals surface area contributed by atoms with Gasteiger partial charge in [0.15, 0.2) is 22.9 Å². The molecule has 0 aromatic heterocycles. The lowest BCUT2D eigenvalue weighted by molar-refractivity contribution is -0.228. The fraction of sp³-hybridized carbons (Fsp3) is 0.487. The second-order valence-corrected chi connectivity index (χ2v) is 14.8. The van der Waals surface area contributed by atoms with Gasteiger partial charge in [0.25, 0.3) is 0 Å². The fourth-order valence-electron chi connectivity index (χ4n) is 9.22. The molecule has 0 aliphatic heterocycles. The van der Waals surface area contributed by atoms with E-state index in [1.165, 1.54) is 26.2 Å². The van der Waals surface area contributed by atoms with E-state index in [1.807, 2.05) is 32.0 Å². The highest BCUT2D eigenvalue weighted by Crippen LogP contribution is 2.77. The fourth-order valence-corrected chi connectivity index (χ4v) is 9.22. The van der Waals surface area contributed by atoms with Crippen LogP contribution in [0.5, 0.6) is 11.5 Å². The maximum atomic E-state index is 13.7. The van der Waals surface area contributed by atoms with Gasteiger partial charge in [-0.15, -0.1) is 0 Å². The number of ketones is 1. The van der Waals surface area contributed by atoms with Crippen LogP contribution in [0, 0.1) is 29.1 Å². The van der Waals surface area contributed by atoms with Crippen molar-refractivity contribution in [1.82, 2.24) is 0 Å². The van der Waals surface area contributed by atoms with Crippen molar-refractivity contribution >= 4 is 23.7 Å². The van der Waals surface area contributed by atoms with Gasteiger partial charge in [-0.1, -0.05) is 69.3 Å². The van der Waals surface area contributed by atoms with Gasteiger partial charge in [0.05, 0.1) is 25.6 Å². The molecule has 2 fully saturated rings. The lowest BCUT2D eigenvalue weighted by Gasteiger charge is -2.53. The molecule has 2 aromatic rings. The van der Waals surface area contributed by atoms with E-state index in [0.717, 1.165) is 5.56 Å². The van der Waals surface area contributed by atoms with Crippen LogP contribution in [0.4, 0.5) is 0 Å². The molecule has 2 aromatic carbocycles. The molecule has 266 valence electrons. The number of aliphatic hydroxyl groups is 2. The average Bonchev–Trinajstić information content (AvgIpc) is 3.48. The monoisotopic (exact) mass is 688 g/mol. The van der Waals surface area contributed by atoms with Crippen molar-refractivity contribution in [1.29, 1.82) is 0 Å². The Kier molecular flexibility index (Phi) is 8.75. The molecule has 0 heterocycles. The highest BCUT2D eigenvalue weighted by Gasteiger charge is 2.87. The number of hydrogen-bond acceptors (Lipinski definition) is 11. The zero-order valence-electron chi connectivity index (χ0n) is 29.1. The normalized spacial score (nSPS) is 33.4. The van der Waals surface area contributed by atoms with Gasteiger partial charge in [0, 0.05) is 42.4 Å². The molecule has 0 spiro atoms. The Morgan fingerprint density at radius 3 is 2.30 bits per heavy atom. The molecular weight excluding hydrogens is 644 g/mol. The van der Waals surface area contributed by atoms with Crippen LogP contribution in [0.15, 0.2) is 71.8 Å². The van der Waals surface area contributed by atoms with Crippen molar-refractivity contribution in [2.24, 2.45) is 29.1 Å². The Balaban J connectivity index is 1.37. The van der Waals surface area contributed by atoms with Crippen LogP contribution in [0.2, 0.25) is 0 Å². The molecule has 11 heteroatoms. The average molecular weight is 689 g/mol. The quantitative estimate of drug-likeness (QED) is 0.199. The van der Waals surface area contributed by atoms with Crippen LogP contribution in [-0.4, -0.2) is 75.6 Å². The molecule has 50 heavy (non-hydrogen) atoms. The van der Waals surface area contributed by atoms with Gasteiger partial charge in [-0.25, -0.2) is 0 Å². The summed E-state index contributed by atoms with van der Waals surface area (Å²) >= 11 is 0. The number of aromatic hydroxyl groups is 1. The smallest absolute Gasteiger partial charge is 0.310 e. The summed E-state index contributed by atoms with van der Waals surface area (Å²) < 4.78 is 23.1. The maximum absolute atomic E-state index is 13.7. The summed E-state index contributed by atoms with van der Waals surface area (Å²) in [6.07, 6.45) is 1.81. The minimum absolute atomic E-state index is 0.0512. The van der Waals surface area contributed by atoms with Crippen LogP contribution >= 0.6 is 0 Å². The lowest BCUT2D eigenvalue weighted by Crippen LogP contribution is -2.66. The zero-order chi connectivity index (χ0) is 36.4. The summed E-state index contributed by atoms with van der Waals surface area (Å²) in [6.45, 7) is 8.05. The summed E-state index contributed by atoms with van der Waals surface area (Å²) in [5.74, 6) is -5.63. The van der Waals surface area contributed by atoms with Crippen molar-refractivity contribution in [3.05, 3.63) is 83.0 Å². The van der Waals surface area contributed by atoms with E-state index in [0.29, 0.717) is 11.1 Å². The Labute approximate surface area is 290 Å². The third-order valence-corrected chi connectivity index (χ3v) is 11.5. The van der Waals surface area contributed by atoms with Crippen LogP contribution in [0.1, 0.15) is 52.2 Å². The highest BCUT2D eigenvalue weighted by molar-refractivity contribution is 6.05. The van der Waals surface area contributed by atoms with Gasteiger partial charge < -0.3 is 34.3 Å². The first kappa shape index (κ1) is 35.3. The number of esters is 3. The molecule has 0 radical (unpaired) electrons. The minimum atomic E-state index is -2.08. The molecule has 0 bridgehead atoms. The Hall–Kier alpha value is -4.48. The maximum Gasteiger partial charge on any atom is 0.310 e. The van der Waals surface area contributed by atoms with E-state index in [2.05, 4.69) is 0 Å². The molecular formula is C39H44O11. The van der Waals surface area contributed by atoms with Crippen LogP contribution in [0.3, 0.4) is 0 Å². The standard InChI is InChI=1S/C39H44O11/c1-21-14-30-37(45,34(21)44)19-26(20-48-31(42)18-25-12-13-28(41)29(16-25)47-6)15-27-33-36(4,5)39(33,50-23(3)40)35(22(2)38(27,30)46)49-32(43)17-24-10-8-7-9-11-24/h7-16,22,27,30,33,35,41,45-46H,17-20H2,1-6H3/t22?,27?,30?,33?,35?,37-,38-,39-/m1/s1. The van der Waals surface area contributed by atoms with Gasteiger partial charge in [0.2, 0.25) is 0 Å². The number of hydrogen-bond donors (Lipinski definition) is 3. The second-order valence-electron chi connectivity index (χ2n) is 14.8. The van der Waals surface area contributed by atoms with Crippen LogP contribution in [0.25, 0.3) is 0 Å². The van der Waals surface area contributed by atoms with E-state index in [4.69, 9.17) is 18.9 Å². The highest BCUT2D eigenvalue weighted by atomic mass is 16.6. The zero-order valence-corrected chi connectivity index (χ0v) is 29.1. The van der Waals surface area contributed by atoms with E-state index >= 15 is 0 Å². The molecule has 0 saturated heterocycles. The summed E-state index contributed by atoms with van der Waals surface area (Å²) in [6, 6.07) is 13.6. The predicted octanol–water partition coefficient (Wildman–Crippen LogP) is 3.80. The van der Waals surface area contributed by atoms with Crippen molar-refractivity contribution < 1.29 is 53.4 Å². The van der Waals surface area contributed by atoms with Crippen molar-refractivity contribution in [3.8, 4) is 11.5 Å². The summed E-state index contributed by atoms with van der Waals surface area (Å²) in [7, 11) is 1.40. The topological polar surface area (TPSA) is 166 Å². The number of methoxy groups -OCH3 is 1. The number of fused-ring (bicyclic) bond motifs is 5. The van der Waals surface area contributed by atoms with Gasteiger partial charge >= 0.3 is 17.9 Å². The number of carbonyl (C=O) groups is 4. The molecule has 3 N–H and O–H groups in total. The number of ether oxygens (including phenoxy) is 4. The largest absolute Gasteiger partial charge is 0.504 e. The SMILES string of the molecule is COc1cc(CC(=O)OCC2=CC3C4C(C)(C)[C@]4(OC(C)=O)C(OC(=O)Cc4ccccc4)C(C)[C@]3(O)C3C=C(C)C(=O)[C@@]3(O)C2)ccc1O. The molecule has 8 atom stereocenters. The summed E-state index contributed by atoms with van der Waals surface area (Å²) in [5.41, 5.74) is -4.13. The second kappa shape index (κ2) is 12.4. The van der Waals surface area contributed by atoms with E-state index < -0.39 is 75.7 Å². The van der Waals surface area contributed by atoms with E-state index in [9.17, 15) is 34.5 Å². The van der Waals surface area contributed by atoms with E-state index in [-0.39, 0.29) is 42.9 Å². The third kappa shape index (κ3) is 5.42. The molecule has 4 aliphatic rings. The molecule has 5 unspecified atom stereocenters. The number of rotatable bonds is 9.